The van der Waals surface area contributed by atoms with E-state index in [2.05, 4.69) is 20.2 Å². The first-order chi connectivity index (χ1) is 13.3. The molecule has 130 valence electrons. The molecule has 0 saturated carbocycles. The van der Waals surface area contributed by atoms with Crippen molar-refractivity contribution in [3.05, 3.63) is 96.0 Å². The number of nitrogens with zero attached hydrogens (tertiary/aromatic N) is 4. The van der Waals surface area contributed by atoms with Crippen LogP contribution >= 0.6 is 11.6 Å². The van der Waals surface area contributed by atoms with Gasteiger partial charge in [0.15, 0.2) is 0 Å². The highest BCUT2D eigenvalue weighted by molar-refractivity contribution is 6.30. The van der Waals surface area contributed by atoms with Crippen molar-refractivity contribution in [1.82, 2.24) is 9.97 Å². The van der Waals surface area contributed by atoms with E-state index < -0.39 is 0 Å². The van der Waals surface area contributed by atoms with Gasteiger partial charge in [0.05, 0.1) is 17.1 Å². The second kappa shape index (κ2) is 7.89. The second-order valence-corrected chi connectivity index (χ2v) is 6.28. The quantitative estimate of drug-likeness (QED) is 0.367. The van der Waals surface area contributed by atoms with Gasteiger partial charge < -0.3 is 0 Å². The highest BCUT2D eigenvalue weighted by Crippen LogP contribution is 2.27. The van der Waals surface area contributed by atoms with Crippen LogP contribution in [0.25, 0.3) is 22.5 Å². The van der Waals surface area contributed by atoms with Crippen molar-refractivity contribution in [3.8, 4) is 22.5 Å². The summed E-state index contributed by atoms with van der Waals surface area (Å²) in [5.41, 5.74) is 4.29. The van der Waals surface area contributed by atoms with Crippen LogP contribution in [0, 0.1) is 0 Å². The standard InChI is InChI=1S/C22H15ClN4/c23-18-11-13-19(14-12-18)26-27-22-24-20(16-7-3-1-4-8-16)15-21(25-22)17-9-5-2-6-10-17/h1-15H. The van der Waals surface area contributed by atoms with Crippen molar-refractivity contribution >= 4 is 23.2 Å². The van der Waals surface area contributed by atoms with Crippen LogP contribution in [0.3, 0.4) is 0 Å². The molecule has 4 rings (SSSR count). The van der Waals surface area contributed by atoms with Gasteiger partial charge in [-0.25, -0.2) is 9.97 Å². The number of rotatable bonds is 4. The first-order valence-corrected chi connectivity index (χ1v) is 8.83. The molecule has 0 bridgehead atoms. The Kier molecular flexibility index (Phi) is 4.99. The number of halogens is 1. The monoisotopic (exact) mass is 370 g/mol. The summed E-state index contributed by atoms with van der Waals surface area (Å²) in [4.78, 5) is 9.13. The molecule has 0 fully saturated rings. The zero-order chi connectivity index (χ0) is 18.5. The van der Waals surface area contributed by atoms with Crippen molar-refractivity contribution in [1.29, 1.82) is 0 Å². The summed E-state index contributed by atoms with van der Waals surface area (Å²) in [6, 6.07) is 29.0. The fourth-order valence-corrected chi connectivity index (χ4v) is 2.73. The molecule has 0 radical (unpaired) electrons. The molecular weight excluding hydrogens is 356 g/mol. The smallest absolute Gasteiger partial charge is 0.210 e. The summed E-state index contributed by atoms with van der Waals surface area (Å²) in [7, 11) is 0. The lowest BCUT2D eigenvalue weighted by Crippen LogP contribution is -1.91. The van der Waals surface area contributed by atoms with Crippen molar-refractivity contribution in [2.24, 2.45) is 10.2 Å². The van der Waals surface area contributed by atoms with Crippen molar-refractivity contribution < 1.29 is 0 Å². The van der Waals surface area contributed by atoms with E-state index in [1.807, 2.05) is 66.7 Å². The van der Waals surface area contributed by atoms with Crippen molar-refractivity contribution in [2.75, 3.05) is 0 Å². The largest absolute Gasteiger partial charge is 0.270 e. The maximum Gasteiger partial charge on any atom is 0.270 e. The molecule has 0 spiro atoms. The Hall–Kier alpha value is -3.37. The first-order valence-electron chi connectivity index (χ1n) is 8.45. The Morgan fingerprint density at radius 1 is 0.593 bits per heavy atom. The molecule has 0 aliphatic heterocycles. The Bertz CT molecular complexity index is 1000. The summed E-state index contributed by atoms with van der Waals surface area (Å²) >= 11 is 5.91. The van der Waals surface area contributed by atoms with Gasteiger partial charge in [0.25, 0.3) is 5.95 Å². The molecule has 5 heteroatoms. The molecular formula is C22H15ClN4. The van der Waals surface area contributed by atoms with Crippen LogP contribution in [0.5, 0.6) is 0 Å². The molecule has 3 aromatic carbocycles. The molecule has 4 aromatic rings. The van der Waals surface area contributed by atoms with Crippen LogP contribution in [0.1, 0.15) is 0 Å². The van der Waals surface area contributed by atoms with Gasteiger partial charge in [-0.15, -0.1) is 10.2 Å². The van der Waals surface area contributed by atoms with Crippen molar-refractivity contribution in [3.63, 3.8) is 0 Å². The zero-order valence-electron chi connectivity index (χ0n) is 14.3. The van der Waals surface area contributed by atoms with Gasteiger partial charge in [-0.3, -0.25) is 0 Å². The lowest BCUT2D eigenvalue weighted by Gasteiger charge is -2.06. The topological polar surface area (TPSA) is 50.5 Å². The van der Waals surface area contributed by atoms with Gasteiger partial charge in [-0.2, -0.15) is 0 Å². The predicted octanol–water partition coefficient (Wildman–Crippen LogP) is 6.88. The molecule has 0 unspecified atom stereocenters. The summed E-state index contributed by atoms with van der Waals surface area (Å²) in [6.07, 6.45) is 0. The highest BCUT2D eigenvalue weighted by atomic mass is 35.5. The third kappa shape index (κ3) is 4.25. The van der Waals surface area contributed by atoms with Crippen LogP contribution in [-0.2, 0) is 0 Å². The molecule has 0 atom stereocenters. The van der Waals surface area contributed by atoms with E-state index in [4.69, 9.17) is 11.6 Å². The first kappa shape index (κ1) is 17.1. The Balaban J connectivity index is 1.77. The van der Waals surface area contributed by atoms with Gasteiger partial charge >= 0.3 is 0 Å². The van der Waals surface area contributed by atoms with E-state index in [9.17, 15) is 0 Å². The summed E-state index contributed by atoms with van der Waals surface area (Å²) in [6.45, 7) is 0. The normalized spacial score (nSPS) is 11.0. The SMILES string of the molecule is Clc1ccc(N=Nc2nc(-c3ccccc3)cc(-c3ccccc3)n2)cc1. The van der Waals surface area contributed by atoms with Gasteiger partial charge in [-0.1, -0.05) is 72.3 Å². The van der Waals surface area contributed by atoms with Crippen LogP contribution in [0.4, 0.5) is 11.6 Å². The van der Waals surface area contributed by atoms with E-state index in [1.54, 1.807) is 24.3 Å². The van der Waals surface area contributed by atoms with Crippen LogP contribution in [0.15, 0.2) is 101 Å². The van der Waals surface area contributed by atoms with Crippen LogP contribution in [-0.4, -0.2) is 9.97 Å². The Labute approximate surface area is 162 Å². The predicted molar refractivity (Wildman–Crippen MR) is 109 cm³/mol. The highest BCUT2D eigenvalue weighted by Gasteiger charge is 2.08. The lowest BCUT2D eigenvalue weighted by molar-refractivity contribution is 1.07. The Morgan fingerprint density at radius 2 is 1.11 bits per heavy atom. The minimum absolute atomic E-state index is 0.310. The summed E-state index contributed by atoms with van der Waals surface area (Å²) in [5.74, 6) is 0.310. The summed E-state index contributed by atoms with van der Waals surface area (Å²) in [5, 5.41) is 9.12. The molecule has 4 nitrogen and oxygen atoms in total. The fourth-order valence-electron chi connectivity index (χ4n) is 2.60. The third-order valence-electron chi connectivity index (χ3n) is 3.93. The summed E-state index contributed by atoms with van der Waals surface area (Å²) < 4.78 is 0. The van der Waals surface area contributed by atoms with E-state index in [0.29, 0.717) is 16.7 Å². The molecule has 1 heterocycles. The maximum absolute atomic E-state index is 5.91. The van der Waals surface area contributed by atoms with Gasteiger partial charge in [0.1, 0.15) is 0 Å². The number of aromatic nitrogens is 2. The number of benzene rings is 3. The van der Waals surface area contributed by atoms with Gasteiger partial charge in [0.2, 0.25) is 0 Å². The zero-order valence-corrected chi connectivity index (χ0v) is 15.1. The molecule has 0 aliphatic carbocycles. The molecule has 0 amide bonds. The minimum Gasteiger partial charge on any atom is -0.210 e. The van der Waals surface area contributed by atoms with E-state index >= 15 is 0 Å². The minimum atomic E-state index is 0.310. The Morgan fingerprint density at radius 3 is 1.63 bits per heavy atom. The molecule has 0 saturated heterocycles. The van der Waals surface area contributed by atoms with Crippen LogP contribution < -0.4 is 0 Å². The second-order valence-electron chi connectivity index (χ2n) is 5.85. The van der Waals surface area contributed by atoms with Crippen LogP contribution in [0.2, 0.25) is 5.02 Å². The number of hydrogen-bond donors (Lipinski definition) is 0. The third-order valence-corrected chi connectivity index (χ3v) is 4.19. The maximum atomic E-state index is 5.91. The average molecular weight is 371 g/mol. The molecule has 1 aromatic heterocycles. The molecule has 27 heavy (non-hydrogen) atoms. The lowest BCUT2D eigenvalue weighted by atomic mass is 10.1. The fraction of sp³-hybridized carbons (Fsp3) is 0. The average Bonchev–Trinajstić information content (AvgIpc) is 2.74. The van der Waals surface area contributed by atoms with Gasteiger partial charge in [0, 0.05) is 16.1 Å². The molecule has 0 aliphatic rings. The van der Waals surface area contributed by atoms with E-state index in [1.165, 1.54) is 0 Å². The van der Waals surface area contributed by atoms with Crippen molar-refractivity contribution in [2.45, 2.75) is 0 Å². The van der Waals surface area contributed by atoms with E-state index in [0.717, 1.165) is 22.5 Å². The molecule has 0 N–H and O–H groups in total. The van der Waals surface area contributed by atoms with Gasteiger partial charge in [-0.05, 0) is 30.3 Å². The number of hydrogen-bond acceptors (Lipinski definition) is 4. The van der Waals surface area contributed by atoms with E-state index in [-0.39, 0.29) is 0 Å². The number of azo groups is 1.